The Balaban J connectivity index is 1.64. The van der Waals surface area contributed by atoms with E-state index in [0.29, 0.717) is 53.2 Å². The van der Waals surface area contributed by atoms with E-state index in [1.54, 1.807) is 67.1 Å². The van der Waals surface area contributed by atoms with Gasteiger partial charge in [0.15, 0.2) is 5.58 Å². The lowest BCUT2D eigenvalue weighted by Crippen LogP contribution is -2.25. The van der Waals surface area contributed by atoms with Gasteiger partial charge < -0.3 is 14.5 Å². The van der Waals surface area contributed by atoms with E-state index >= 15 is 0 Å². The number of nitrogens with one attached hydrogen (secondary N) is 2. The number of methoxy groups -OCH3 is 1. The molecule has 2 aromatic heterocycles. The van der Waals surface area contributed by atoms with Gasteiger partial charge in [0.1, 0.15) is 16.8 Å². The maximum absolute atomic E-state index is 13.2. The van der Waals surface area contributed by atoms with Crippen LogP contribution in [0.4, 0.5) is 5.69 Å². The van der Waals surface area contributed by atoms with Crippen molar-refractivity contribution in [2.45, 2.75) is 24.8 Å². The van der Waals surface area contributed by atoms with Crippen molar-refractivity contribution in [1.82, 2.24) is 14.3 Å². The van der Waals surface area contributed by atoms with Gasteiger partial charge >= 0.3 is 5.69 Å². The molecule has 0 aliphatic carbocycles. The SMILES string of the molecule is CCC(=O)Nc1ccc(-c2nc(=O)n(CCOC)c3c2oc2cc(-c4ccc(S(=O)(=O)NC)cc4)ccc23)cc1. The molecule has 11 heteroatoms. The fraction of sp³-hybridized carbons (Fsp3) is 0.207. The van der Waals surface area contributed by atoms with Crippen LogP contribution in [0.3, 0.4) is 0 Å². The van der Waals surface area contributed by atoms with E-state index in [0.717, 1.165) is 16.5 Å². The smallest absolute Gasteiger partial charge is 0.348 e. The van der Waals surface area contributed by atoms with E-state index in [1.807, 2.05) is 18.2 Å². The molecule has 2 heterocycles. The molecule has 40 heavy (non-hydrogen) atoms. The lowest BCUT2D eigenvalue weighted by molar-refractivity contribution is -0.115. The quantitative estimate of drug-likeness (QED) is 0.273. The molecule has 5 aromatic rings. The molecule has 10 nitrogen and oxygen atoms in total. The minimum absolute atomic E-state index is 0.0969. The van der Waals surface area contributed by atoms with Gasteiger partial charge in [-0.25, -0.2) is 17.9 Å². The van der Waals surface area contributed by atoms with E-state index in [2.05, 4.69) is 15.0 Å². The number of carbonyl (C=O) groups is 1. The summed E-state index contributed by atoms with van der Waals surface area (Å²) in [6, 6.07) is 19.3. The molecule has 0 unspecified atom stereocenters. The first kappa shape index (κ1) is 27.3. The van der Waals surface area contributed by atoms with Crippen LogP contribution in [0.15, 0.2) is 80.8 Å². The topological polar surface area (TPSA) is 133 Å². The number of fused-ring (bicyclic) bond motifs is 3. The summed E-state index contributed by atoms with van der Waals surface area (Å²) in [4.78, 5) is 29.5. The second-order valence-electron chi connectivity index (χ2n) is 9.09. The number of sulfonamides is 1. The first-order chi connectivity index (χ1) is 19.2. The molecule has 0 radical (unpaired) electrons. The number of nitrogens with zero attached hydrogens (tertiary/aromatic N) is 2. The Kier molecular flexibility index (Phi) is 7.53. The van der Waals surface area contributed by atoms with Gasteiger partial charge in [-0.2, -0.15) is 4.98 Å². The molecule has 5 rings (SSSR count). The molecule has 0 atom stereocenters. The molecule has 0 saturated carbocycles. The number of ether oxygens (including phenoxy) is 1. The van der Waals surface area contributed by atoms with Crippen molar-refractivity contribution in [2.75, 3.05) is 26.1 Å². The van der Waals surface area contributed by atoms with E-state index in [-0.39, 0.29) is 10.8 Å². The second kappa shape index (κ2) is 11.0. The van der Waals surface area contributed by atoms with Gasteiger partial charge in [0, 0.05) is 30.2 Å². The predicted octanol–water partition coefficient (Wildman–Crippen LogP) is 4.38. The summed E-state index contributed by atoms with van der Waals surface area (Å²) in [5.41, 5.74) is 4.48. The lowest BCUT2D eigenvalue weighted by atomic mass is 10.0. The van der Waals surface area contributed by atoms with Gasteiger partial charge in [-0.3, -0.25) is 9.36 Å². The Morgan fingerprint density at radius 2 is 1.68 bits per heavy atom. The highest BCUT2D eigenvalue weighted by atomic mass is 32.2. The average Bonchev–Trinajstić information content (AvgIpc) is 3.35. The summed E-state index contributed by atoms with van der Waals surface area (Å²) < 4.78 is 39.6. The highest BCUT2D eigenvalue weighted by Gasteiger charge is 2.20. The third kappa shape index (κ3) is 5.14. The number of benzene rings is 3. The van der Waals surface area contributed by atoms with Crippen LogP contribution in [0, 0.1) is 0 Å². The number of hydrogen-bond donors (Lipinski definition) is 2. The first-order valence-corrected chi connectivity index (χ1v) is 14.1. The molecule has 1 amide bonds. The zero-order valence-corrected chi connectivity index (χ0v) is 23.0. The number of anilines is 1. The zero-order chi connectivity index (χ0) is 28.4. The van der Waals surface area contributed by atoms with Crippen LogP contribution in [0.25, 0.3) is 44.5 Å². The number of rotatable bonds is 9. The van der Waals surface area contributed by atoms with E-state index < -0.39 is 15.7 Å². The maximum atomic E-state index is 13.2. The van der Waals surface area contributed by atoms with Crippen LogP contribution in [0.2, 0.25) is 0 Å². The van der Waals surface area contributed by atoms with Crippen molar-refractivity contribution in [2.24, 2.45) is 0 Å². The summed E-state index contributed by atoms with van der Waals surface area (Å²) in [6.07, 6.45) is 0.365. The van der Waals surface area contributed by atoms with Crippen molar-refractivity contribution in [3.05, 3.63) is 77.2 Å². The van der Waals surface area contributed by atoms with Gasteiger partial charge in [0.05, 0.1) is 18.0 Å². The number of furan rings is 1. The minimum Gasteiger partial charge on any atom is -0.452 e. The number of carbonyl (C=O) groups excluding carboxylic acids is 1. The fourth-order valence-corrected chi connectivity index (χ4v) is 5.21. The summed E-state index contributed by atoms with van der Waals surface area (Å²) in [5, 5.41) is 3.54. The van der Waals surface area contributed by atoms with E-state index in [9.17, 15) is 18.0 Å². The number of hydrogen-bond acceptors (Lipinski definition) is 7. The van der Waals surface area contributed by atoms with E-state index in [4.69, 9.17) is 9.15 Å². The highest BCUT2D eigenvalue weighted by molar-refractivity contribution is 7.89. The Labute approximate surface area is 230 Å². The molecule has 206 valence electrons. The monoisotopic (exact) mass is 560 g/mol. The average molecular weight is 561 g/mol. The summed E-state index contributed by atoms with van der Waals surface area (Å²) in [7, 11) is -0.613. The van der Waals surface area contributed by atoms with Crippen molar-refractivity contribution < 1.29 is 22.4 Å². The van der Waals surface area contributed by atoms with Crippen LogP contribution in [-0.2, 0) is 26.1 Å². The van der Waals surface area contributed by atoms with Crippen LogP contribution < -0.4 is 15.7 Å². The zero-order valence-electron chi connectivity index (χ0n) is 22.2. The molecule has 0 spiro atoms. The summed E-state index contributed by atoms with van der Waals surface area (Å²) in [5.74, 6) is -0.0969. The van der Waals surface area contributed by atoms with Gasteiger partial charge in [-0.1, -0.05) is 37.3 Å². The molecule has 0 aliphatic heterocycles. The molecule has 3 aromatic carbocycles. The maximum Gasteiger partial charge on any atom is 0.348 e. The molecular formula is C29H28N4O6S. The standard InChI is InChI=1S/C29H28N4O6S/c1-4-25(34)31-21-10-5-19(6-11-21)26-28-27(33(15-16-38-3)29(35)32-26)23-14-9-20(17-24(23)39-28)18-7-12-22(13-8-18)40(36,37)30-2/h5-14,17,30H,4,15-16H2,1-3H3,(H,31,34). The molecule has 0 aliphatic rings. The summed E-state index contributed by atoms with van der Waals surface area (Å²) >= 11 is 0. The van der Waals surface area contributed by atoms with Crippen LogP contribution in [0.5, 0.6) is 0 Å². The Hall–Kier alpha value is -4.32. The predicted molar refractivity (Wildman–Crippen MR) is 154 cm³/mol. The molecule has 2 N–H and O–H groups in total. The fourth-order valence-electron chi connectivity index (χ4n) is 4.48. The molecule has 0 fully saturated rings. The van der Waals surface area contributed by atoms with Crippen LogP contribution in [0.1, 0.15) is 13.3 Å². The summed E-state index contributed by atoms with van der Waals surface area (Å²) in [6.45, 7) is 2.38. The first-order valence-electron chi connectivity index (χ1n) is 12.7. The van der Waals surface area contributed by atoms with Gasteiger partial charge in [0.2, 0.25) is 15.9 Å². The molecule has 0 saturated heterocycles. The third-order valence-electron chi connectivity index (χ3n) is 6.64. The number of aromatic nitrogens is 2. The Morgan fingerprint density at radius 3 is 2.33 bits per heavy atom. The number of amides is 1. The molecular weight excluding hydrogens is 532 g/mol. The Bertz CT molecular complexity index is 1880. The highest BCUT2D eigenvalue weighted by Crippen LogP contribution is 2.36. The lowest BCUT2D eigenvalue weighted by Gasteiger charge is -2.10. The molecule has 0 bridgehead atoms. The van der Waals surface area contributed by atoms with Crippen molar-refractivity contribution in [3.63, 3.8) is 0 Å². The van der Waals surface area contributed by atoms with Gasteiger partial charge in [-0.05, 0) is 54.6 Å². The van der Waals surface area contributed by atoms with Crippen molar-refractivity contribution >= 4 is 43.7 Å². The normalized spacial score (nSPS) is 11.8. The second-order valence-corrected chi connectivity index (χ2v) is 11.0. The Morgan fingerprint density at radius 1 is 1.00 bits per heavy atom. The van der Waals surface area contributed by atoms with Crippen molar-refractivity contribution in [3.8, 4) is 22.4 Å². The van der Waals surface area contributed by atoms with E-state index in [1.165, 1.54) is 7.05 Å². The largest absolute Gasteiger partial charge is 0.452 e. The van der Waals surface area contributed by atoms with Gasteiger partial charge in [-0.15, -0.1) is 0 Å². The third-order valence-corrected chi connectivity index (χ3v) is 8.07. The van der Waals surface area contributed by atoms with Crippen LogP contribution in [-0.4, -0.2) is 44.6 Å². The van der Waals surface area contributed by atoms with Gasteiger partial charge in [0.25, 0.3) is 0 Å². The van der Waals surface area contributed by atoms with Crippen LogP contribution >= 0.6 is 0 Å². The van der Waals surface area contributed by atoms with Crippen molar-refractivity contribution in [1.29, 1.82) is 0 Å². The minimum atomic E-state index is -3.55.